The molecule has 0 aromatic carbocycles. The van der Waals surface area contributed by atoms with Crippen LogP contribution in [-0.4, -0.2) is 59.9 Å². The van der Waals surface area contributed by atoms with Gasteiger partial charge in [0.05, 0.1) is 12.1 Å². The van der Waals surface area contributed by atoms with E-state index >= 15 is 0 Å². The Kier molecular flexibility index (Phi) is 7.54. The molecule has 0 aromatic rings. The first-order chi connectivity index (χ1) is 8.83. The predicted molar refractivity (Wildman–Crippen MR) is 94.6 cm³/mol. The van der Waals surface area contributed by atoms with Gasteiger partial charge < -0.3 is 15.1 Å². The van der Waals surface area contributed by atoms with E-state index in [1.807, 2.05) is 9.80 Å². The van der Waals surface area contributed by atoms with E-state index in [0.29, 0.717) is 13.1 Å². The number of hydrogen-bond donors (Lipinski definition) is 1. The standard InChI is InChI=1S/C14H26N4O.HI/c1-7-8-16-13(15-6)17-9-12(19)18(11(2)3)14(4,5)10-17;/h7,11H,1,8-10H2,2-6H3,(H,15,16);1H. The Morgan fingerprint density at radius 3 is 2.55 bits per heavy atom. The zero-order valence-corrected chi connectivity index (χ0v) is 15.5. The SMILES string of the molecule is C=CCNC(=NC)N1CC(=O)N(C(C)C)C(C)(C)C1.I. The molecular formula is C14H27IN4O. The molecule has 0 saturated carbocycles. The van der Waals surface area contributed by atoms with Crippen molar-refractivity contribution in [1.29, 1.82) is 0 Å². The maximum atomic E-state index is 12.3. The van der Waals surface area contributed by atoms with Gasteiger partial charge in [0.2, 0.25) is 5.91 Å². The van der Waals surface area contributed by atoms with Crippen LogP contribution in [0.4, 0.5) is 0 Å². The summed E-state index contributed by atoms with van der Waals surface area (Å²) in [5.74, 6) is 0.900. The van der Waals surface area contributed by atoms with E-state index in [2.05, 4.69) is 44.6 Å². The summed E-state index contributed by atoms with van der Waals surface area (Å²) in [5, 5.41) is 3.18. The smallest absolute Gasteiger partial charge is 0.242 e. The molecule has 116 valence electrons. The Labute approximate surface area is 139 Å². The highest BCUT2D eigenvalue weighted by molar-refractivity contribution is 14.0. The third kappa shape index (κ3) is 4.36. The summed E-state index contributed by atoms with van der Waals surface area (Å²) in [5.41, 5.74) is -0.199. The molecule has 5 nitrogen and oxygen atoms in total. The van der Waals surface area contributed by atoms with E-state index in [0.717, 1.165) is 12.5 Å². The number of hydrogen-bond acceptors (Lipinski definition) is 2. The van der Waals surface area contributed by atoms with E-state index in [1.54, 1.807) is 13.1 Å². The lowest BCUT2D eigenvalue weighted by molar-refractivity contribution is -0.145. The van der Waals surface area contributed by atoms with Crippen LogP contribution in [0.25, 0.3) is 0 Å². The molecule has 1 saturated heterocycles. The monoisotopic (exact) mass is 394 g/mol. The van der Waals surface area contributed by atoms with Crippen molar-refractivity contribution in [2.45, 2.75) is 39.3 Å². The topological polar surface area (TPSA) is 47.9 Å². The van der Waals surface area contributed by atoms with Crippen LogP contribution in [-0.2, 0) is 4.79 Å². The largest absolute Gasteiger partial charge is 0.353 e. The fraction of sp³-hybridized carbons (Fsp3) is 0.714. The highest BCUT2D eigenvalue weighted by Crippen LogP contribution is 2.24. The molecule has 1 amide bonds. The van der Waals surface area contributed by atoms with Gasteiger partial charge in [-0.15, -0.1) is 30.6 Å². The number of nitrogens with zero attached hydrogens (tertiary/aromatic N) is 3. The lowest BCUT2D eigenvalue weighted by atomic mass is 9.96. The van der Waals surface area contributed by atoms with Crippen molar-refractivity contribution in [2.75, 3.05) is 26.7 Å². The van der Waals surface area contributed by atoms with Crippen molar-refractivity contribution in [3.8, 4) is 0 Å². The van der Waals surface area contributed by atoms with Crippen LogP contribution < -0.4 is 5.32 Å². The summed E-state index contributed by atoms with van der Waals surface area (Å²) in [6.45, 7) is 13.8. The molecule has 1 aliphatic rings. The molecule has 1 rings (SSSR count). The second-order valence-electron chi connectivity index (χ2n) is 5.74. The van der Waals surface area contributed by atoms with Gasteiger partial charge in [-0.1, -0.05) is 6.08 Å². The zero-order chi connectivity index (χ0) is 14.6. The lowest BCUT2D eigenvalue weighted by Gasteiger charge is -2.49. The number of piperazine rings is 1. The van der Waals surface area contributed by atoms with E-state index < -0.39 is 0 Å². The van der Waals surface area contributed by atoms with Gasteiger partial charge in [-0.2, -0.15) is 0 Å². The minimum Gasteiger partial charge on any atom is -0.353 e. The van der Waals surface area contributed by atoms with Gasteiger partial charge in [0, 0.05) is 26.2 Å². The Hall–Kier alpha value is -0.790. The minimum atomic E-state index is -0.199. The van der Waals surface area contributed by atoms with E-state index in [9.17, 15) is 4.79 Å². The summed E-state index contributed by atoms with van der Waals surface area (Å²) < 4.78 is 0. The maximum Gasteiger partial charge on any atom is 0.242 e. The quantitative estimate of drug-likeness (QED) is 0.343. The Morgan fingerprint density at radius 1 is 1.55 bits per heavy atom. The van der Waals surface area contributed by atoms with E-state index in [4.69, 9.17) is 0 Å². The highest BCUT2D eigenvalue weighted by atomic mass is 127. The first-order valence-electron chi connectivity index (χ1n) is 6.72. The lowest BCUT2D eigenvalue weighted by Crippen LogP contribution is -2.66. The molecule has 1 fully saturated rings. The Bertz CT molecular complexity index is 379. The van der Waals surface area contributed by atoms with Gasteiger partial charge in [0.15, 0.2) is 5.96 Å². The minimum absolute atomic E-state index is 0. The van der Waals surface area contributed by atoms with Crippen LogP contribution in [0.3, 0.4) is 0 Å². The molecule has 20 heavy (non-hydrogen) atoms. The van der Waals surface area contributed by atoms with Crippen molar-refractivity contribution in [2.24, 2.45) is 4.99 Å². The van der Waals surface area contributed by atoms with Crippen molar-refractivity contribution < 1.29 is 4.79 Å². The molecular weight excluding hydrogens is 367 g/mol. The van der Waals surface area contributed by atoms with Crippen LogP contribution in [0.2, 0.25) is 0 Å². The Morgan fingerprint density at radius 2 is 2.15 bits per heavy atom. The molecule has 1 N–H and O–H groups in total. The molecule has 0 atom stereocenters. The molecule has 0 radical (unpaired) electrons. The summed E-state index contributed by atoms with van der Waals surface area (Å²) in [6, 6.07) is 0.216. The average Bonchev–Trinajstić information content (AvgIpc) is 2.27. The first kappa shape index (κ1) is 19.2. The number of amides is 1. The number of guanidine groups is 1. The van der Waals surface area contributed by atoms with Gasteiger partial charge in [-0.3, -0.25) is 9.79 Å². The Balaban J connectivity index is 0.00000361. The van der Waals surface area contributed by atoms with Crippen LogP contribution in [0, 0.1) is 0 Å². The molecule has 0 aromatic heterocycles. The van der Waals surface area contributed by atoms with Gasteiger partial charge in [-0.05, 0) is 27.7 Å². The molecule has 0 unspecified atom stereocenters. The number of carbonyl (C=O) groups is 1. The molecule has 1 aliphatic heterocycles. The maximum absolute atomic E-state index is 12.3. The predicted octanol–water partition coefficient (Wildman–Crippen LogP) is 1.70. The molecule has 0 spiro atoms. The van der Waals surface area contributed by atoms with Gasteiger partial charge in [0.25, 0.3) is 0 Å². The highest BCUT2D eigenvalue weighted by Gasteiger charge is 2.40. The second-order valence-corrected chi connectivity index (χ2v) is 5.74. The third-order valence-corrected chi connectivity index (χ3v) is 3.26. The average molecular weight is 394 g/mol. The fourth-order valence-corrected chi connectivity index (χ4v) is 2.81. The molecule has 1 heterocycles. The molecule has 6 heteroatoms. The van der Waals surface area contributed by atoms with Crippen molar-refractivity contribution in [3.63, 3.8) is 0 Å². The summed E-state index contributed by atoms with van der Waals surface area (Å²) in [7, 11) is 1.73. The van der Waals surface area contributed by atoms with Crippen LogP contribution in [0.1, 0.15) is 27.7 Å². The summed E-state index contributed by atoms with van der Waals surface area (Å²) >= 11 is 0. The third-order valence-electron chi connectivity index (χ3n) is 3.26. The number of carbonyl (C=O) groups excluding carboxylic acids is 1. The van der Waals surface area contributed by atoms with Crippen LogP contribution in [0.15, 0.2) is 17.6 Å². The van der Waals surface area contributed by atoms with Crippen molar-refractivity contribution in [1.82, 2.24) is 15.1 Å². The molecule has 0 bridgehead atoms. The number of aliphatic imine (C=N–C) groups is 1. The summed E-state index contributed by atoms with van der Waals surface area (Å²) in [4.78, 5) is 20.5. The second kappa shape index (κ2) is 7.85. The van der Waals surface area contributed by atoms with Crippen molar-refractivity contribution >= 4 is 35.8 Å². The van der Waals surface area contributed by atoms with E-state index in [-0.39, 0.29) is 41.5 Å². The van der Waals surface area contributed by atoms with Gasteiger partial charge >= 0.3 is 0 Å². The van der Waals surface area contributed by atoms with Crippen LogP contribution in [0.5, 0.6) is 0 Å². The number of rotatable bonds is 3. The number of halogens is 1. The van der Waals surface area contributed by atoms with Gasteiger partial charge in [-0.25, -0.2) is 0 Å². The van der Waals surface area contributed by atoms with E-state index in [1.165, 1.54) is 0 Å². The van der Waals surface area contributed by atoms with Crippen molar-refractivity contribution in [3.05, 3.63) is 12.7 Å². The summed E-state index contributed by atoms with van der Waals surface area (Å²) in [6.07, 6.45) is 1.78. The zero-order valence-electron chi connectivity index (χ0n) is 13.1. The van der Waals surface area contributed by atoms with Crippen LogP contribution >= 0.6 is 24.0 Å². The fourth-order valence-electron chi connectivity index (χ4n) is 2.81. The molecule has 0 aliphatic carbocycles. The number of nitrogens with one attached hydrogen (secondary N) is 1. The van der Waals surface area contributed by atoms with Gasteiger partial charge in [0.1, 0.15) is 0 Å². The first-order valence-corrected chi connectivity index (χ1v) is 6.72. The normalized spacial score (nSPS) is 18.9.